The van der Waals surface area contributed by atoms with E-state index >= 15 is 0 Å². The van der Waals surface area contributed by atoms with Gasteiger partial charge in [-0.1, -0.05) is 360 Å². The van der Waals surface area contributed by atoms with E-state index in [4.69, 9.17) is 4.74 Å². The Morgan fingerprint density at radius 3 is 0.907 bits per heavy atom. The van der Waals surface area contributed by atoms with E-state index in [9.17, 15) is 19.8 Å². The average molecular weight is 1060 g/mol. The minimum atomic E-state index is -0.843. The molecule has 0 fully saturated rings. The first-order chi connectivity index (χ1) is 37.0. The number of ether oxygens (including phenoxy) is 1. The van der Waals surface area contributed by atoms with E-state index in [1.165, 1.54) is 327 Å². The lowest BCUT2D eigenvalue weighted by atomic mass is 10.0. The molecule has 0 saturated carbocycles. The fraction of sp³-hybridized carbons (Fsp3) is 0.942. The summed E-state index contributed by atoms with van der Waals surface area (Å²) in [4.78, 5) is 24.6. The second-order valence-electron chi connectivity index (χ2n) is 23.9. The highest BCUT2D eigenvalue weighted by molar-refractivity contribution is 5.76. The lowest BCUT2D eigenvalue weighted by molar-refractivity contribution is -0.143. The Hall–Kier alpha value is -1.40. The Balaban J connectivity index is 3.38. The van der Waals surface area contributed by atoms with Crippen molar-refractivity contribution in [2.24, 2.45) is 0 Å². The fourth-order valence-electron chi connectivity index (χ4n) is 11.1. The first-order valence-electron chi connectivity index (χ1n) is 34.5. The Kier molecular flexibility index (Phi) is 63.9. The molecule has 6 nitrogen and oxygen atoms in total. The van der Waals surface area contributed by atoms with Crippen molar-refractivity contribution in [3.63, 3.8) is 0 Å². The molecule has 3 N–H and O–H groups in total. The summed E-state index contributed by atoms with van der Waals surface area (Å²) in [7, 11) is 0. The van der Waals surface area contributed by atoms with Crippen LogP contribution in [-0.2, 0) is 14.3 Å². The first-order valence-corrected chi connectivity index (χ1v) is 34.5. The summed E-state index contributed by atoms with van der Waals surface area (Å²) in [6.07, 6.45) is 79.9. The monoisotopic (exact) mass is 1060 g/mol. The molecule has 0 spiro atoms. The molecular weight excluding hydrogens is 923 g/mol. The maximum atomic E-state index is 12.5. The van der Waals surface area contributed by atoms with Crippen LogP contribution in [0.1, 0.15) is 393 Å². The third-order valence-electron chi connectivity index (χ3n) is 16.3. The second-order valence-corrected chi connectivity index (χ2v) is 23.9. The molecule has 2 unspecified atom stereocenters. The number of carbonyl (C=O) groups is 2. The third kappa shape index (κ3) is 61.7. The van der Waals surface area contributed by atoms with Crippen LogP contribution in [0.4, 0.5) is 0 Å². The van der Waals surface area contributed by atoms with Crippen LogP contribution < -0.4 is 5.32 Å². The molecule has 446 valence electrons. The van der Waals surface area contributed by atoms with Crippen LogP contribution in [0.25, 0.3) is 0 Å². The van der Waals surface area contributed by atoms with Crippen molar-refractivity contribution < 1.29 is 24.5 Å². The van der Waals surface area contributed by atoms with Gasteiger partial charge in [0.2, 0.25) is 5.91 Å². The van der Waals surface area contributed by atoms with Gasteiger partial charge in [0.1, 0.15) is 0 Å². The van der Waals surface area contributed by atoms with Crippen LogP contribution in [0.5, 0.6) is 0 Å². The molecule has 0 rings (SSSR count). The molecule has 6 heteroatoms. The highest BCUT2D eigenvalue weighted by Crippen LogP contribution is 2.19. The van der Waals surface area contributed by atoms with Crippen LogP contribution in [0.15, 0.2) is 12.2 Å². The van der Waals surface area contributed by atoms with Gasteiger partial charge in [-0.25, -0.2) is 0 Å². The topological polar surface area (TPSA) is 95.9 Å². The number of amides is 1. The largest absolute Gasteiger partial charge is 0.466 e. The number of unbranched alkanes of at least 4 members (excludes halogenated alkanes) is 54. The third-order valence-corrected chi connectivity index (χ3v) is 16.3. The van der Waals surface area contributed by atoms with E-state index in [1.54, 1.807) is 6.08 Å². The smallest absolute Gasteiger partial charge is 0.305 e. The van der Waals surface area contributed by atoms with E-state index in [1.807, 2.05) is 6.08 Å². The number of aliphatic hydroxyl groups excluding tert-OH is 2. The maximum Gasteiger partial charge on any atom is 0.305 e. The second kappa shape index (κ2) is 65.1. The Morgan fingerprint density at radius 2 is 0.613 bits per heavy atom. The van der Waals surface area contributed by atoms with Crippen LogP contribution in [0, 0.1) is 0 Å². The molecule has 0 aromatic carbocycles. The van der Waals surface area contributed by atoms with E-state index < -0.39 is 12.1 Å². The van der Waals surface area contributed by atoms with E-state index in [0.717, 1.165) is 38.5 Å². The zero-order chi connectivity index (χ0) is 54.3. The molecule has 0 aliphatic heterocycles. The molecule has 0 aromatic heterocycles. The van der Waals surface area contributed by atoms with Gasteiger partial charge in [-0.3, -0.25) is 9.59 Å². The molecular formula is C69H135NO5. The molecule has 2 atom stereocenters. The van der Waals surface area contributed by atoms with E-state index in [-0.39, 0.29) is 18.5 Å². The zero-order valence-electron chi connectivity index (χ0n) is 51.1. The average Bonchev–Trinajstić information content (AvgIpc) is 3.41. The number of nitrogens with one attached hydrogen (secondary N) is 1. The van der Waals surface area contributed by atoms with Crippen molar-refractivity contribution >= 4 is 11.9 Å². The van der Waals surface area contributed by atoms with Crippen LogP contribution in [0.2, 0.25) is 0 Å². The molecule has 1 amide bonds. The Labute approximate surface area is 469 Å². The van der Waals surface area contributed by atoms with Gasteiger partial charge in [-0.05, 0) is 32.1 Å². The van der Waals surface area contributed by atoms with Crippen molar-refractivity contribution in [2.45, 2.75) is 405 Å². The summed E-state index contributed by atoms with van der Waals surface area (Å²) in [5, 5.41) is 23.2. The molecule has 0 radical (unpaired) electrons. The number of carbonyl (C=O) groups excluding carboxylic acids is 2. The number of hydrogen-bond acceptors (Lipinski definition) is 5. The van der Waals surface area contributed by atoms with Gasteiger partial charge in [-0.2, -0.15) is 0 Å². The quantitative estimate of drug-likeness (QED) is 0.0320. The van der Waals surface area contributed by atoms with Crippen molar-refractivity contribution in [1.82, 2.24) is 5.32 Å². The Morgan fingerprint density at radius 1 is 0.360 bits per heavy atom. The van der Waals surface area contributed by atoms with Crippen LogP contribution in [0.3, 0.4) is 0 Å². The van der Waals surface area contributed by atoms with Crippen molar-refractivity contribution in [1.29, 1.82) is 0 Å². The Bertz CT molecular complexity index is 1130. The molecule has 0 aliphatic carbocycles. The first kappa shape index (κ1) is 73.6. The summed E-state index contributed by atoms with van der Waals surface area (Å²) in [5.41, 5.74) is 0. The van der Waals surface area contributed by atoms with E-state index in [2.05, 4.69) is 19.2 Å². The summed E-state index contributed by atoms with van der Waals surface area (Å²) in [6, 6.07) is -0.627. The van der Waals surface area contributed by atoms with E-state index in [0.29, 0.717) is 19.4 Å². The standard InChI is InChI=1S/C69H135NO5/c1-3-5-7-9-11-13-15-17-19-20-27-30-34-37-41-45-49-53-57-61-67(72)66(65-71)70-68(73)62-58-54-50-46-42-38-35-31-28-25-23-21-22-24-26-29-32-36-40-44-48-52-56-60-64-75-69(74)63-59-55-51-47-43-39-33-18-16-14-12-10-8-6-4-2/h57,61,66-67,71-72H,3-56,58-60,62-65H2,1-2H3,(H,70,73)/b61-57+. The van der Waals surface area contributed by atoms with Gasteiger partial charge in [0.15, 0.2) is 0 Å². The van der Waals surface area contributed by atoms with Crippen molar-refractivity contribution in [2.75, 3.05) is 13.2 Å². The highest BCUT2D eigenvalue weighted by Gasteiger charge is 2.18. The number of hydrogen-bond donors (Lipinski definition) is 3. The normalized spacial score (nSPS) is 12.5. The highest BCUT2D eigenvalue weighted by atomic mass is 16.5. The number of aliphatic hydroxyl groups is 2. The lowest BCUT2D eigenvalue weighted by Crippen LogP contribution is -2.45. The van der Waals surface area contributed by atoms with Gasteiger partial charge < -0.3 is 20.3 Å². The molecule has 0 saturated heterocycles. The molecule has 0 aliphatic rings. The van der Waals surface area contributed by atoms with Gasteiger partial charge in [-0.15, -0.1) is 0 Å². The predicted molar refractivity (Wildman–Crippen MR) is 329 cm³/mol. The maximum absolute atomic E-state index is 12.5. The van der Waals surface area contributed by atoms with Gasteiger partial charge >= 0.3 is 5.97 Å². The SMILES string of the molecule is CCCCCCCCCCCCCCCCCCC/C=C/C(O)C(CO)NC(=O)CCCCCCCCCCCCCCCCCCCCCCCCCCOC(=O)CCCCCCCCCCCCCCCCC. The number of esters is 1. The number of allylic oxidation sites excluding steroid dienone is 1. The minimum absolute atomic E-state index is 0.0189. The van der Waals surface area contributed by atoms with Gasteiger partial charge in [0.25, 0.3) is 0 Å². The molecule has 0 aromatic rings. The van der Waals surface area contributed by atoms with Crippen molar-refractivity contribution in [3.05, 3.63) is 12.2 Å². The van der Waals surface area contributed by atoms with Gasteiger partial charge in [0, 0.05) is 12.8 Å². The zero-order valence-corrected chi connectivity index (χ0v) is 51.1. The van der Waals surface area contributed by atoms with Crippen LogP contribution in [-0.4, -0.2) is 47.4 Å². The summed E-state index contributed by atoms with van der Waals surface area (Å²) >= 11 is 0. The van der Waals surface area contributed by atoms with Crippen molar-refractivity contribution in [3.8, 4) is 0 Å². The summed E-state index contributed by atoms with van der Waals surface area (Å²) < 4.78 is 5.50. The van der Waals surface area contributed by atoms with Gasteiger partial charge in [0.05, 0.1) is 25.4 Å². The number of rotatable bonds is 65. The summed E-state index contributed by atoms with van der Waals surface area (Å²) in [6.45, 7) is 4.95. The van der Waals surface area contributed by atoms with Crippen LogP contribution >= 0.6 is 0 Å². The lowest BCUT2D eigenvalue weighted by Gasteiger charge is -2.20. The minimum Gasteiger partial charge on any atom is -0.466 e. The fourth-order valence-corrected chi connectivity index (χ4v) is 11.1. The summed E-state index contributed by atoms with van der Waals surface area (Å²) in [5.74, 6) is -0.0438. The molecule has 75 heavy (non-hydrogen) atoms. The molecule has 0 heterocycles. The molecule has 0 bridgehead atoms. The predicted octanol–water partition coefficient (Wildman–Crippen LogP) is 22.0.